The van der Waals surface area contributed by atoms with E-state index in [4.69, 9.17) is 5.73 Å². The number of carbonyl (C=O) groups excluding carboxylic acids is 1. The van der Waals surface area contributed by atoms with Gasteiger partial charge in [-0.1, -0.05) is 57.0 Å². The van der Waals surface area contributed by atoms with Crippen molar-refractivity contribution in [3.8, 4) is 0 Å². The molecule has 3 heteroatoms. The second-order valence-corrected chi connectivity index (χ2v) is 6.84. The molecule has 1 aromatic carbocycles. The molecule has 0 aliphatic heterocycles. The van der Waals surface area contributed by atoms with Crippen LogP contribution in [0.5, 0.6) is 0 Å². The molecule has 116 valence electrons. The lowest BCUT2D eigenvalue weighted by molar-refractivity contribution is -0.127. The molecule has 1 amide bonds. The van der Waals surface area contributed by atoms with E-state index in [1.165, 1.54) is 19.3 Å². The molecule has 1 fully saturated rings. The van der Waals surface area contributed by atoms with Crippen LogP contribution in [0.3, 0.4) is 0 Å². The van der Waals surface area contributed by atoms with Gasteiger partial charge in [0, 0.05) is 6.04 Å². The highest BCUT2D eigenvalue weighted by Gasteiger charge is 2.35. The van der Waals surface area contributed by atoms with Gasteiger partial charge < -0.3 is 11.1 Å². The Morgan fingerprint density at radius 3 is 2.48 bits per heavy atom. The number of amides is 1. The van der Waals surface area contributed by atoms with E-state index < -0.39 is 5.54 Å². The predicted octanol–water partition coefficient (Wildman–Crippen LogP) is 3.19. The van der Waals surface area contributed by atoms with E-state index >= 15 is 0 Å². The van der Waals surface area contributed by atoms with E-state index in [2.05, 4.69) is 19.2 Å². The van der Waals surface area contributed by atoms with Crippen LogP contribution in [0.2, 0.25) is 0 Å². The Bertz CT molecular complexity index is 467. The fourth-order valence-corrected chi connectivity index (χ4v) is 3.37. The largest absolute Gasteiger partial charge is 0.351 e. The average molecular weight is 288 g/mol. The highest BCUT2D eigenvalue weighted by Crippen LogP contribution is 2.31. The second-order valence-electron chi connectivity index (χ2n) is 6.84. The first-order chi connectivity index (χ1) is 9.93. The maximum Gasteiger partial charge on any atom is 0.244 e. The van der Waals surface area contributed by atoms with Crippen molar-refractivity contribution in [2.24, 2.45) is 17.6 Å². The highest BCUT2D eigenvalue weighted by atomic mass is 16.2. The summed E-state index contributed by atoms with van der Waals surface area (Å²) in [6.07, 6.45) is 4.74. The normalized spacial score (nSPS) is 25.4. The lowest BCUT2D eigenvalue weighted by Crippen LogP contribution is -2.54. The molecule has 3 N–H and O–H groups in total. The van der Waals surface area contributed by atoms with Crippen LogP contribution in [0.25, 0.3) is 0 Å². The van der Waals surface area contributed by atoms with Crippen molar-refractivity contribution in [2.45, 2.75) is 58.0 Å². The third-order valence-electron chi connectivity index (χ3n) is 4.84. The molecule has 0 radical (unpaired) electrons. The maximum atomic E-state index is 12.7. The summed E-state index contributed by atoms with van der Waals surface area (Å²) >= 11 is 0. The van der Waals surface area contributed by atoms with Crippen molar-refractivity contribution >= 4 is 5.91 Å². The molecule has 0 spiro atoms. The quantitative estimate of drug-likeness (QED) is 0.894. The van der Waals surface area contributed by atoms with Gasteiger partial charge >= 0.3 is 0 Å². The lowest BCUT2D eigenvalue weighted by atomic mass is 9.77. The van der Waals surface area contributed by atoms with E-state index in [1.807, 2.05) is 30.3 Å². The summed E-state index contributed by atoms with van der Waals surface area (Å²) in [5.74, 6) is 1.09. The van der Waals surface area contributed by atoms with Gasteiger partial charge in [0.1, 0.15) is 5.54 Å². The number of hydrogen-bond donors (Lipinski definition) is 2. The molecule has 1 aliphatic carbocycles. The first-order valence-corrected chi connectivity index (χ1v) is 8.08. The van der Waals surface area contributed by atoms with E-state index in [0.717, 1.165) is 12.0 Å². The number of rotatable bonds is 4. The summed E-state index contributed by atoms with van der Waals surface area (Å²) in [6.45, 7) is 6.28. The third kappa shape index (κ3) is 3.65. The predicted molar refractivity (Wildman–Crippen MR) is 86.7 cm³/mol. The topological polar surface area (TPSA) is 55.1 Å². The van der Waals surface area contributed by atoms with Gasteiger partial charge in [0.05, 0.1) is 0 Å². The zero-order valence-electron chi connectivity index (χ0n) is 13.4. The molecule has 2 rings (SSSR count). The van der Waals surface area contributed by atoms with Gasteiger partial charge in [-0.05, 0) is 37.2 Å². The van der Waals surface area contributed by atoms with Crippen LogP contribution in [0, 0.1) is 11.8 Å². The first-order valence-electron chi connectivity index (χ1n) is 8.08. The van der Waals surface area contributed by atoms with Crippen molar-refractivity contribution in [3.05, 3.63) is 35.9 Å². The van der Waals surface area contributed by atoms with E-state index in [0.29, 0.717) is 11.8 Å². The van der Waals surface area contributed by atoms with Crippen LogP contribution >= 0.6 is 0 Å². The lowest BCUT2D eigenvalue weighted by Gasteiger charge is -2.37. The molecule has 1 aliphatic rings. The van der Waals surface area contributed by atoms with Crippen molar-refractivity contribution in [1.29, 1.82) is 0 Å². The van der Waals surface area contributed by atoms with Gasteiger partial charge in [-0.25, -0.2) is 0 Å². The smallest absolute Gasteiger partial charge is 0.244 e. The molecule has 0 aromatic heterocycles. The summed E-state index contributed by atoms with van der Waals surface area (Å²) in [7, 11) is 0. The number of hydrogen-bond acceptors (Lipinski definition) is 2. The minimum absolute atomic E-state index is 0.0637. The minimum atomic E-state index is -0.972. The second kappa shape index (κ2) is 6.61. The number of nitrogens with one attached hydrogen (secondary N) is 1. The Kier molecular flexibility index (Phi) is 5.04. The van der Waals surface area contributed by atoms with Crippen molar-refractivity contribution in [2.75, 3.05) is 0 Å². The summed E-state index contributed by atoms with van der Waals surface area (Å²) < 4.78 is 0. The summed E-state index contributed by atoms with van der Waals surface area (Å²) in [5.41, 5.74) is 6.20. The van der Waals surface area contributed by atoms with Crippen molar-refractivity contribution in [1.82, 2.24) is 5.32 Å². The van der Waals surface area contributed by atoms with Crippen LogP contribution < -0.4 is 11.1 Å². The molecule has 0 saturated heterocycles. The van der Waals surface area contributed by atoms with Crippen LogP contribution in [0.1, 0.15) is 52.0 Å². The molecule has 1 aromatic rings. The van der Waals surface area contributed by atoms with Crippen LogP contribution in [-0.4, -0.2) is 11.9 Å². The van der Waals surface area contributed by atoms with Gasteiger partial charge in [-0.15, -0.1) is 0 Å². The molecule has 3 nitrogen and oxygen atoms in total. The van der Waals surface area contributed by atoms with Crippen molar-refractivity contribution < 1.29 is 4.79 Å². The zero-order valence-corrected chi connectivity index (χ0v) is 13.4. The Morgan fingerprint density at radius 1 is 1.24 bits per heavy atom. The fourth-order valence-electron chi connectivity index (χ4n) is 3.37. The molecular weight excluding hydrogens is 260 g/mol. The Labute approximate surface area is 128 Å². The molecule has 1 saturated carbocycles. The summed E-state index contributed by atoms with van der Waals surface area (Å²) in [6, 6.07) is 9.88. The van der Waals surface area contributed by atoms with E-state index in [1.54, 1.807) is 6.92 Å². The molecule has 3 unspecified atom stereocenters. The monoisotopic (exact) mass is 288 g/mol. The van der Waals surface area contributed by atoms with Gasteiger partial charge in [0.15, 0.2) is 0 Å². The first kappa shape index (κ1) is 16.0. The Hall–Kier alpha value is -1.35. The number of nitrogens with two attached hydrogens (primary N) is 1. The fraction of sp³-hybridized carbons (Fsp3) is 0.611. The van der Waals surface area contributed by atoms with Crippen molar-refractivity contribution in [3.63, 3.8) is 0 Å². The van der Waals surface area contributed by atoms with Gasteiger partial charge in [0.2, 0.25) is 5.91 Å². The number of carbonyl (C=O) groups is 1. The standard InChI is InChI=1S/C18H28N2O/c1-13(2)15-11-7-8-12-16(15)20-17(21)18(3,19)14-9-5-4-6-10-14/h4-6,9-10,13,15-16H,7-8,11-12,19H2,1-3H3,(H,20,21). The van der Waals surface area contributed by atoms with E-state index in [-0.39, 0.29) is 11.9 Å². The molecular formula is C18H28N2O. The van der Waals surface area contributed by atoms with Crippen LogP contribution in [0.4, 0.5) is 0 Å². The summed E-state index contributed by atoms with van der Waals surface area (Å²) in [4.78, 5) is 12.7. The average Bonchev–Trinajstić information content (AvgIpc) is 2.48. The SMILES string of the molecule is CC(C)C1CCCCC1NC(=O)C(C)(N)c1ccccc1. The molecule has 0 bridgehead atoms. The number of benzene rings is 1. The Balaban J connectivity index is 2.09. The van der Waals surface area contributed by atoms with Gasteiger partial charge in [-0.3, -0.25) is 4.79 Å². The van der Waals surface area contributed by atoms with Gasteiger partial charge in [0.25, 0.3) is 0 Å². The van der Waals surface area contributed by atoms with Gasteiger partial charge in [-0.2, -0.15) is 0 Å². The van der Waals surface area contributed by atoms with Crippen LogP contribution in [-0.2, 0) is 10.3 Å². The molecule has 21 heavy (non-hydrogen) atoms. The van der Waals surface area contributed by atoms with E-state index in [9.17, 15) is 4.79 Å². The third-order valence-corrected chi connectivity index (χ3v) is 4.84. The highest BCUT2D eigenvalue weighted by molar-refractivity contribution is 5.87. The van der Waals surface area contributed by atoms with Crippen LogP contribution in [0.15, 0.2) is 30.3 Å². The summed E-state index contributed by atoms with van der Waals surface area (Å²) in [5, 5.41) is 3.23. The maximum absolute atomic E-state index is 12.7. The zero-order chi connectivity index (χ0) is 15.5. The Morgan fingerprint density at radius 2 is 1.86 bits per heavy atom. The minimum Gasteiger partial charge on any atom is -0.351 e. The molecule has 0 heterocycles. The molecule has 3 atom stereocenters.